The first-order valence-corrected chi connectivity index (χ1v) is 7.64. The van der Waals surface area contributed by atoms with Gasteiger partial charge in [0.2, 0.25) is 0 Å². The molecule has 0 saturated carbocycles. The molecule has 1 unspecified atom stereocenters. The molecule has 7 nitrogen and oxygen atoms in total. The summed E-state index contributed by atoms with van der Waals surface area (Å²) in [5, 5.41) is 17.5. The summed E-state index contributed by atoms with van der Waals surface area (Å²) >= 11 is 6.30. The number of nitrogens with one attached hydrogen (secondary N) is 1. The maximum absolute atomic E-state index is 9.74. The number of fused-ring (bicyclic) bond motifs is 1. The van der Waals surface area contributed by atoms with Crippen molar-refractivity contribution >= 4 is 23.5 Å². The van der Waals surface area contributed by atoms with Crippen LogP contribution in [0.5, 0.6) is 0 Å². The highest BCUT2D eigenvalue weighted by Gasteiger charge is 2.21. The molecular formula is C16H13ClN6O. The van der Waals surface area contributed by atoms with E-state index < -0.39 is 6.23 Å². The zero-order chi connectivity index (χ0) is 16.7. The summed E-state index contributed by atoms with van der Waals surface area (Å²) in [5.74, 6) is 0.500. The first-order valence-electron chi connectivity index (χ1n) is 7.26. The molecule has 0 fully saturated rings. The van der Waals surface area contributed by atoms with Crippen molar-refractivity contribution in [3.63, 3.8) is 0 Å². The lowest BCUT2D eigenvalue weighted by Gasteiger charge is -2.19. The van der Waals surface area contributed by atoms with E-state index in [0.717, 1.165) is 5.56 Å². The fourth-order valence-corrected chi connectivity index (χ4v) is 2.73. The maximum atomic E-state index is 9.74. The Kier molecular flexibility index (Phi) is 3.51. The number of rotatable bonds is 2. The number of aromatic nitrogens is 5. The number of nitrogens with zero attached hydrogens (tertiary/aromatic N) is 5. The monoisotopic (exact) mass is 340 g/mol. The fraction of sp³-hybridized carbons (Fsp3) is 0.125. The Hall–Kier alpha value is -2.77. The van der Waals surface area contributed by atoms with Crippen LogP contribution < -0.4 is 5.32 Å². The Morgan fingerprint density at radius 2 is 2.12 bits per heavy atom. The third kappa shape index (κ3) is 2.53. The third-order valence-electron chi connectivity index (χ3n) is 3.63. The average Bonchev–Trinajstić information content (AvgIpc) is 3.00. The SMILES string of the molecule is Cn1ccc(-c2nc3c(nc2-c2ccncc2Cl)C=CC(O)N3)n1. The highest BCUT2D eigenvalue weighted by Crippen LogP contribution is 2.35. The minimum absolute atomic E-state index is 0.483. The van der Waals surface area contributed by atoms with Gasteiger partial charge in [-0.2, -0.15) is 5.10 Å². The number of anilines is 1. The van der Waals surface area contributed by atoms with E-state index in [2.05, 4.69) is 25.4 Å². The normalized spacial score (nSPS) is 15.9. The second-order valence-corrected chi connectivity index (χ2v) is 5.74. The minimum Gasteiger partial charge on any atom is -0.370 e. The van der Waals surface area contributed by atoms with Gasteiger partial charge in [0.1, 0.15) is 29.0 Å². The van der Waals surface area contributed by atoms with Gasteiger partial charge in [-0.3, -0.25) is 9.67 Å². The molecule has 120 valence electrons. The molecule has 24 heavy (non-hydrogen) atoms. The minimum atomic E-state index is -0.793. The molecule has 1 atom stereocenters. The van der Waals surface area contributed by atoms with E-state index in [1.807, 2.05) is 19.3 Å². The molecule has 4 rings (SSSR count). The number of pyridine rings is 1. The van der Waals surface area contributed by atoms with Gasteiger partial charge in [-0.15, -0.1) is 0 Å². The molecule has 0 radical (unpaired) electrons. The summed E-state index contributed by atoms with van der Waals surface area (Å²) in [7, 11) is 1.83. The fourth-order valence-electron chi connectivity index (χ4n) is 2.52. The molecule has 3 aromatic heterocycles. The molecule has 1 aliphatic rings. The molecule has 3 aromatic rings. The zero-order valence-electron chi connectivity index (χ0n) is 12.7. The number of aryl methyl sites for hydroxylation is 1. The molecular weight excluding hydrogens is 328 g/mol. The van der Waals surface area contributed by atoms with Crippen LogP contribution in [-0.4, -0.2) is 36.1 Å². The second kappa shape index (κ2) is 5.70. The van der Waals surface area contributed by atoms with Gasteiger partial charge in [0.25, 0.3) is 0 Å². The summed E-state index contributed by atoms with van der Waals surface area (Å²) in [6.07, 6.45) is 7.59. The van der Waals surface area contributed by atoms with Crippen LogP contribution in [-0.2, 0) is 7.05 Å². The van der Waals surface area contributed by atoms with Gasteiger partial charge in [-0.1, -0.05) is 11.6 Å². The Morgan fingerprint density at radius 3 is 2.88 bits per heavy atom. The van der Waals surface area contributed by atoms with E-state index in [1.54, 1.807) is 35.3 Å². The number of aliphatic hydroxyl groups excluding tert-OH is 1. The molecule has 0 aromatic carbocycles. The second-order valence-electron chi connectivity index (χ2n) is 5.33. The van der Waals surface area contributed by atoms with Crippen molar-refractivity contribution < 1.29 is 5.11 Å². The maximum Gasteiger partial charge on any atom is 0.155 e. The molecule has 0 amide bonds. The van der Waals surface area contributed by atoms with Gasteiger partial charge in [-0.05, 0) is 24.3 Å². The Labute approximate surface area is 142 Å². The quantitative estimate of drug-likeness (QED) is 0.744. The van der Waals surface area contributed by atoms with Crippen molar-refractivity contribution in [2.45, 2.75) is 6.23 Å². The van der Waals surface area contributed by atoms with Gasteiger partial charge in [-0.25, -0.2) is 9.97 Å². The van der Waals surface area contributed by atoms with E-state index in [1.165, 1.54) is 0 Å². The first-order chi connectivity index (χ1) is 11.6. The lowest BCUT2D eigenvalue weighted by Crippen LogP contribution is -2.21. The van der Waals surface area contributed by atoms with E-state index in [-0.39, 0.29) is 0 Å². The van der Waals surface area contributed by atoms with Crippen LogP contribution in [0, 0.1) is 0 Å². The summed E-state index contributed by atoms with van der Waals surface area (Å²) in [6.45, 7) is 0. The predicted molar refractivity (Wildman–Crippen MR) is 91.1 cm³/mol. The summed E-state index contributed by atoms with van der Waals surface area (Å²) in [5.41, 5.74) is 3.21. The van der Waals surface area contributed by atoms with Crippen LogP contribution in [0.4, 0.5) is 5.82 Å². The van der Waals surface area contributed by atoms with Crippen molar-refractivity contribution in [2.24, 2.45) is 7.05 Å². The van der Waals surface area contributed by atoms with Crippen molar-refractivity contribution in [2.75, 3.05) is 5.32 Å². The molecule has 1 aliphatic heterocycles. The van der Waals surface area contributed by atoms with Crippen molar-refractivity contribution in [1.82, 2.24) is 24.7 Å². The molecule has 0 spiro atoms. The third-order valence-corrected chi connectivity index (χ3v) is 3.93. The van der Waals surface area contributed by atoms with E-state index >= 15 is 0 Å². The van der Waals surface area contributed by atoms with Crippen LogP contribution >= 0.6 is 11.6 Å². The highest BCUT2D eigenvalue weighted by atomic mass is 35.5. The number of hydrogen-bond donors (Lipinski definition) is 2. The van der Waals surface area contributed by atoms with Gasteiger partial charge < -0.3 is 10.4 Å². The van der Waals surface area contributed by atoms with E-state index in [0.29, 0.717) is 33.6 Å². The Balaban J connectivity index is 1.98. The van der Waals surface area contributed by atoms with Gasteiger partial charge in [0.15, 0.2) is 5.82 Å². The molecule has 0 bridgehead atoms. The summed E-state index contributed by atoms with van der Waals surface area (Å²) in [6, 6.07) is 3.64. The van der Waals surface area contributed by atoms with Crippen LogP contribution in [0.3, 0.4) is 0 Å². The number of aliphatic hydroxyl groups is 1. The van der Waals surface area contributed by atoms with E-state index in [4.69, 9.17) is 11.6 Å². The molecule has 4 heterocycles. The topological polar surface area (TPSA) is 88.8 Å². The van der Waals surface area contributed by atoms with Crippen LogP contribution in [0.25, 0.3) is 28.7 Å². The van der Waals surface area contributed by atoms with Crippen LogP contribution in [0.1, 0.15) is 5.69 Å². The number of hydrogen-bond acceptors (Lipinski definition) is 6. The lowest BCUT2D eigenvalue weighted by atomic mass is 10.1. The zero-order valence-corrected chi connectivity index (χ0v) is 13.4. The smallest absolute Gasteiger partial charge is 0.155 e. The van der Waals surface area contributed by atoms with E-state index in [9.17, 15) is 5.11 Å². The van der Waals surface area contributed by atoms with Crippen molar-refractivity contribution in [3.05, 3.63) is 47.5 Å². The Bertz CT molecular complexity index is 951. The van der Waals surface area contributed by atoms with Crippen LogP contribution in [0.2, 0.25) is 5.02 Å². The molecule has 0 aliphatic carbocycles. The molecule has 0 saturated heterocycles. The highest BCUT2D eigenvalue weighted by molar-refractivity contribution is 6.33. The first kappa shape index (κ1) is 14.8. The molecule has 8 heteroatoms. The summed E-state index contributed by atoms with van der Waals surface area (Å²) in [4.78, 5) is 13.3. The predicted octanol–water partition coefficient (Wildman–Crippen LogP) is 2.35. The standard InChI is InChI=1S/C16H13ClN6O/c1-23-7-5-11(22-23)15-14(9-4-6-18-8-10(9)17)19-12-2-3-13(24)20-16(12)21-15/h2-8,13,24H,1H3,(H,20,21). The van der Waals surface area contributed by atoms with Crippen molar-refractivity contribution in [1.29, 1.82) is 0 Å². The van der Waals surface area contributed by atoms with Gasteiger partial charge in [0, 0.05) is 31.2 Å². The Morgan fingerprint density at radius 1 is 1.25 bits per heavy atom. The van der Waals surface area contributed by atoms with Gasteiger partial charge >= 0.3 is 0 Å². The largest absolute Gasteiger partial charge is 0.370 e. The summed E-state index contributed by atoms with van der Waals surface area (Å²) < 4.78 is 1.69. The average molecular weight is 341 g/mol. The molecule has 2 N–H and O–H groups in total. The van der Waals surface area contributed by atoms with Crippen molar-refractivity contribution in [3.8, 4) is 22.6 Å². The lowest BCUT2D eigenvalue weighted by molar-refractivity contribution is 0.251. The number of halogens is 1. The van der Waals surface area contributed by atoms with Crippen LogP contribution in [0.15, 0.2) is 36.8 Å². The van der Waals surface area contributed by atoms with Gasteiger partial charge in [0.05, 0.1) is 5.02 Å².